The third kappa shape index (κ3) is 4.81. The van der Waals surface area contributed by atoms with Gasteiger partial charge in [0.2, 0.25) is 5.91 Å². The molecule has 0 spiro atoms. The first-order valence-electron chi connectivity index (χ1n) is 7.01. The minimum atomic E-state index is -0.503. The van der Waals surface area contributed by atoms with Crippen LogP contribution in [-0.4, -0.2) is 18.4 Å². The molecule has 6 heteroatoms. The minimum Gasteiger partial charge on any atom is -0.482 e. The summed E-state index contributed by atoms with van der Waals surface area (Å²) in [6.45, 7) is 2.84. The van der Waals surface area contributed by atoms with Crippen molar-refractivity contribution in [2.75, 3.05) is 17.2 Å². The molecule has 0 fully saturated rings. The number of ether oxygens (including phenoxy) is 1. The molecule has 2 N–H and O–H groups in total. The molecule has 0 aliphatic rings. The highest BCUT2D eigenvalue weighted by atomic mass is 19.1. The summed E-state index contributed by atoms with van der Waals surface area (Å²) in [5.41, 5.74) is 1.33. The van der Waals surface area contributed by atoms with Crippen LogP contribution in [0.15, 0.2) is 42.5 Å². The van der Waals surface area contributed by atoms with Crippen LogP contribution >= 0.6 is 0 Å². The van der Waals surface area contributed by atoms with Gasteiger partial charge >= 0.3 is 0 Å². The van der Waals surface area contributed by atoms with E-state index < -0.39 is 11.7 Å². The summed E-state index contributed by atoms with van der Waals surface area (Å²) in [4.78, 5) is 23.0. The Bertz CT molecular complexity index is 732. The fraction of sp³-hybridized carbons (Fsp3) is 0.176. The van der Waals surface area contributed by atoms with Crippen LogP contribution in [0.1, 0.15) is 12.5 Å². The van der Waals surface area contributed by atoms with Gasteiger partial charge in [-0.25, -0.2) is 4.39 Å². The molecule has 0 heterocycles. The molecule has 2 amide bonds. The molecule has 2 rings (SSSR count). The molecule has 23 heavy (non-hydrogen) atoms. The van der Waals surface area contributed by atoms with Crippen molar-refractivity contribution in [3.63, 3.8) is 0 Å². The lowest BCUT2D eigenvalue weighted by Crippen LogP contribution is -2.21. The van der Waals surface area contributed by atoms with Gasteiger partial charge in [-0.05, 0) is 36.8 Å². The van der Waals surface area contributed by atoms with Gasteiger partial charge in [-0.1, -0.05) is 18.2 Å². The fourth-order valence-corrected chi connectivity index (χ4v) is 1.94. The molecule has 0 unspecified atom stereocenters. The van der Waals surface area contributed by atoms with E-state index in [9.17, 15) is 14.0 Å². The molecule has 0 radical (unpaired) electrons. The van der Waals surface area contributed by atoms with Crippen LogP contribution in [-0.2, 0) is 9.59 Å². The zero-order valence-electron chi connectivity index (χ0n) is 12.9. The molecule has 120 valence electrons. The van der Waals surface area contributed by atoms with Crippen molar-refractivity contribution < 1.29 is 18.7 Å². The highest BCUT2D eigenvalue weighted by Crippen LogP contribution is 2.23. The van der Waals surface area contributed by atoms with Crippen molar-refractivity contribution in [2.24, 2.45) is 0 Å². The van der Waals surface area contributed by atoms with E-state index in [2.05, 4.69) is 10.6 Å². The van der Waals surface area contributed by atoms with E-state index in [1.165, 1.54) is 19.1 Å². The van der Waals surface area contributed by atoms with E-state index in [0.29, 0.717) is 11.4 Å². The van der Waals surface area contributed by atoms with Crippen molar-refractivity contribution in [3.8, 4) is 5.75 Å². The number of halogens is 1. The standard InChI is InChI=1S/C17H17FN2O3/c1-11-7-8-14(13(18)9-11)20-17(22)10-23-16-6-4-3-5-15(16)19-12(2)21/h3-9H,10H2,1-2H3,(H,19,21)(H,20,22). The molecule has 2 aromatic rings. The first kappa shape index (κ1) is 16.5. The van der Waals surface area contributed by atoms with Gasteiger partial charge in [0, 0.05) is 6.92 Å². The molecule has 5 nitrogen and oxygen atoms in total. The zero-order chi connectivity index (χ0) is 16.8. The number of hydrogen-bond acceptors (Lipinski definition) is 3. The number of hydrogen-bond donors (Lipinski definition) is 2. The van der Waals surface area contributed by atoms with Gasteiger partial charge in [0.25, 0.3) is 5.91 Å². The number of para-hydroxylation sites is 2. The Hall–Kier alpha value is -2.89. The number of amides is 2. The predicted molar refractivity (Wildman–Crippen MR) is 86.0 cm³/mol. The van der Waals surface area contributed by atoms with Crippen LogP contribution in [0, 0.1) is 12.7 Å². The van der Waals surface area contributed by atoms with Crippen LogP contribution in [0.2, 0.25) is 0 Å². The number of carbonyl (C=O) groups is 2. The van der Waals surface area contributed by atoms with Crippen LogP contribution in [0.25, 0.3) is 0 Å². The van der Waals surface area contributed by atoms with E-state index in [4.69, 9.17) is 4.74 Å². The van der Waals surface area contributed by atoms with Gasteiger partial charge in [-0.2, -0.15) is 0 Å². The summed E-state index contributed by atoms with van der Waals surface area (Å²) < 4.78 is 19.1. The van der Waals surface area contributed by atoms with E-state index in [1.807, 2.05) is 0 Å². The predicted octanol–water partition coefficient (Wildman–Crippen LogP) is 3.11. The summed E-state index contributed by atoms with van der Waals surface area (Å²) in [7, 11) is 0. The normalized spacial score (nSPS) is 10.0. The fourth-order valence-electron chi connectivity index (χ4n) is 1.94. The molecular weight excluding hydrogens is 299 g/mol. The van der Waals surface area contributed by atoms with Crippen LogP contribution in [0.4, 0.5) is 15.8 Å². The summed E-state index contributed by atoms with van der Waals surface area (Å²) in [5, 5.41) is 5.05. The van der Waals surface area contributed by atoms with Gasteiger partial charge in [-0.3, -0.25) is 9.59 Å². The first-order chi connectivity index (χ1) is 11.0. The van der Waals surface area contributed by atoms with E-state index in [-0.39, 0.29) is 18.2 Å². The van der Waals surface area contributed by atoms with Crippen LogP contribution in [0.5, 0.6) is 5.75 Å². The molecule has 0 saturated carbocycles. The molecular formula is C17H17FN2O3. The molecule has 0 aliphatic carbocycles. The summed E-state index contributed by atoms with van der Waals surface area (Å²) >= 11 is 0. The third-order valence-corrected chi connectivity index (χ3v) is 2.96. The maximum atomic E-state index is 13.7. The molecule has 0 atom stereocenters. The maximum absolute atomic E-state index is 13.7. The largest absolute Gasteiger partial charge is 0.482 e. The lowest BCUT2D eigenvalue weighted by Gasteiger charge is -2.12. The number of carbonyl (C=O) groups excluding carboxylic acids is 2. The molecule has 0 bridgehead atoms. The first-order valence-corrected chi connectivity index (χ1v) is 7.01. The van der Waals surface area contributed by atoms with Crippen molar-refractivity contribution >= 4 is 23.2 Å². The van der Waals surface area contributed by atoms with E-state index in [1.54, 1.807) is 37.3 Å². The monoisotopic (exact) mass is 316 g/mol. The molecule has 0 aliphatic heterocycles. The summed E-state index contributed by atoms with van der Waals surface area (Å²) in [5.74, 6) is -0.878. The molecule has 2 aromatic carbocycles. The van der Waals surface area contributed by atoms with Crippen molar-refractivity contribution in [2.45, 2.75) is 13.8 Å². The SMILES string of the molecule is CC(=O)Nc1ccccc1OCC(=O)Nc1ccc(C)cc1F. The number of aryl methyl sites for hydroxylation is 1. The van der Waals surface area contributed by atoms with Crippen LogP contribution in [0.3, 0.4) is 0 Å². The Labute approximate surface area is 133 Å². The average Bonchev–Trinajstić information content (AvgIpc) is 2.49. The molecule has 0 saturated heterocycles. The Morgan fingerprint density at radius 1 is 1.09 bits per heavy atom. The smallest absolute Gasteiger partial charge is 0.262 e. The quantitative estimate of drug-likeness (QED) is 0.890. The highest BCUT2D eigenvalue weighted by Gasteiger charge is 2.10. The van der Waals surface area contributed by atoms with Crippen molar-refractivity contribution in [1.82, 2.24) is 0 Å². The van der Waals surface area contributed by atoms with E-state index >= 15 is 0 Å². The second-order valence-corrected chi connectivity index (χ2v) is 5.00. The van der Waals surface area contributed by atoms with Gasteiger partial charge < -0.3 is 15.4 Å². The topological polar surface area (TPSA) is 67.4 Å². The maximum Gasteiger partial charge on any atom is 0.262 e. The summed E-state index contributed by atoms with van der Waals surface area (Å²) in [6, 6.07) is 11.3. The highest BCUT2D eigenvalue weighted by molar-refractivity contribution is 5.93. The van der Waals surface area contributed by atoms with Gasteiger partial charge in [0.1, 0.15) is 11.6 Å². The Morgan fingerprint density at radius 2 is 1.83 bits per heavy atom. The Morgan fingerprint density at radius 3 is 2.52 bits per heavy atom. The second kappa shape index (κ2) is 7.40. The van der Waals surface area contributed by atoms with Gasteiger partial charge in [0.05, 0.1) is 11.4 Å². The lowest BCUT2D eigenvalue weighted by molar-refractivity contribution is -0.118. The zero-order valence-corrected chi connectivity index (χ0v) is 12.9. The van der Waals surface area contributed by atoms with Gasteiger partial charge in [0.15, 0.2) is 6.61 Å². The number of anilines is 2. The number of benzene rings is 2. The Balaban J connectivity index is 1.98. The van der Waals surface area contributed by atoms with Gasteiger partial charge in [-0.15, -0.1) is 0 Å². The van der Waals surface area contributed by atoms with Crippen molar-refractivity contribution in [1.29, 1.82) is 0 Å². The Kier molecular flexibility index (Phi) is 5.30. The number of rotatable bonds is 5. The van der Waals surface area contributed by atoms with Crippen molar-refractivity contribution in [3.05, 3.63) is 53.8 Å². The summed E-state index contributed by atoms with van der Waals surface area (Å²) in [6.07, 6.45) is 0. The van der Waals surface area contributed by atoms with E-state index in [0.717, 1.165) is 5.56 Å². The number of nitrogens with one attached hydrogen (secondary N) is 2. The van der Waals surface area contributed by atoms with Crippen LogP contribution < -0.4 is 15.4 Å². The average molecular weight is 316 g/mol. The lowest BCUT2D eigenvalue weighted by atomic mass is 10.2. The second-order valence-electron chi connectivity index (χ2n) is 5.00. The third-order valence-electron chi connectivity index (χ3n) is 2.96. The minimum absolute atomic E-state index is 0.0966. The molecule has 0 aromatic heterocycles.